The van der Waals surface area contributed by atoms with Gasteiger partial charge in [0.1, 0.15) is 5.82 Å². The van der Waals surface area contributed by atoms with E-state index in [1.54, 1.807) is 0 Å². The molecule has 0 amide bonds. The molecule has 1 saturated carbocycles. The Labute approximate surface area is 122 Å². The summed E-state index contributed by atoms with van der Waals surface area (Å²) in [5.41, 5.74) is 2.42. The number of anilines is 1. The van der Waals surface area contributed by atoms with Gasteiger partial charge in [0.05, 0.1) is 12.7 Å². The number of hydrogen-bond acceptors (Lipinski definition) is 4. The Balaban J connectivity index is 1.86. The normalized spacial score (nSPS) is 14.8. The maximum Gasteiger partial charge on any atom is 0.128 e. The lowest BCUT2D eigenvalue weighted by Gasteiger charge is -2.20. The van der Waals surface area contributed by atoms with Crippen LogP contribution in [0.25, 0.3) is 0 Å². The van der Waals surface area contributed by atoms with Gasteiger partial charge in [-0.2, -0.15) is 0 Å². The summed E-state index contributed by atoms with van der Waals surface area (Å²) in [7, 11) is 2.06. The van der Waals surface area contributed by atoms with Gasteiger partial charge in [0, 0.05) is 31.9 Å². The fourth-order valence-corrected chi connectivity index (χ4v) is 2.06. The predicted molar refractivity (Wildman–Crippen MR) is 83.2 cm³/mol. The van der Waals surface area contributed by atoms with E-state index < -0.39 is 0 Å². The van der Waals surface area contributed by atoms with Gasteiger partial charge in [0.2, 0.25) is 0 Å². The number of nitrogens with one attached hydrogen (secondary N) is 1. The van der Waals surface area contributed by atoms with Crippen LogP contribution in [-0.2, 0) is 11.3 Å². The minimum absolute atomic E-state index is 0.286. The van der Waals surface area contributed by atoms with Gasteiger partial charge in [-0.15, -0.1) is 0 Å². The Bertz CT molecular complexity index is 430. The highest BCUT2D eigenvalue weighted by molar-refractivity contribution is 5.40. The van der Waals surface area contributed by atoms with Gasteiger partial charge in [0.25, 0.3) is 0 Å². The van der Waals surface area contributed by atoms with E-state index in [1.165, 1.54) is 18.4 Å². The van der Waals surface area contributed by atoms with Gasteiger partial charge >= 0.3 is 0 Å². The molecule has 0 bridgehead atoms. The van der Waals surface area contributed by atoms with Crippen LogP contribution in [0, 0.1) is 6.92 Å². The van der Waals surface area contributed by atoms with Crippen molar-refractivity contribution >= 4 is 5.82 Å². The Morgan fingerprint density at radius 3 is 2.75 bits per heavy atom. The zero-order valence-electron chi connectivity index (χ0n) is 13.1. The second kappa shape index (κ2) is 7.04. The standard InChI is InChI=1S/C16H27N3O/c1-12(2)20-10-9-19(4)16-8-5-14(13(3)18-16)11-17-15-6-7-15/h5,8,12,15,17H,6-7,9-11H2,1-4H3. The van der Waals surface area contributed by atoms with Gasteiger partial charge in [-0.05, 0) is 45.2 Å². The van der Waals surface area contributed by atoms with E-state index in [-0.39, 0.29) is 6.10 Å². The van der Waals surface area contributed by atoms with Gasteiger partial charge in [0.15, 0.2) is 0 Å². The van der Waals surface area contributed by atoms with Crippen molar-refractivity contribution in [1.29, 1.82) is 0 Å². The number of hydrogen-bond donors (Lipinski definition) is 1. The molecule has 0 aliphatic heterocycles. The summed E-state index contributed by atoms with van der Waals surface area (Å²) in [5.74, 6) is 1.02. The lowest BCUT2D eigenvalue weighted by molar-refractivity contribution is 0.0845. The summed E-state index contributed by atoms with van der Waals surface area (Å²) >= 11 is 0. The Kier molecular flexibility index (Phi) is 5.38. The fourth-order valence-electron chi connectivity index (χ4n) is 2.06. The number of ether oxygens (including phenoxy) is 1. The third-order valence-corrected chi connectivity index (χ3v) is 3.61. The van der Waals surface area contributed by atoms with Crippen LogP contribution < -0.4 is 10.2 Å². The van der Waals surface area contributed by atoms with E-state index in [0.29, 0.717) is 0 Å². The van der Waals surface area contributed by atoms with Crippen LogP contribution in [0.1, 0.15) is 37.9 Å². The van der Waals surface area contributed by atoms with Crippen LogP contribution in [0.3, 0.4) is 0 Å². The topological polar surface area (TPSA) is 37.4 Å². The smallest absolute Gasteiger partial charge is 0.128 e. The summed E-state index contributed by atoms with van der Waals surface area (Å²) in [5, 5.41) is 3.54. The van der Waals surface area contributed by atoms with Crippen molar-refractivity contribution in [2.45, 2.75) is 52.3 Å². The van der Waals surface area contributed by atoms with Crippen molar-refractivity contribution in [2.24, 2.45) is 0 Å². The average molecular weight is 277 g/mol. The molecule has 1 aromatic rings. The van der Waals surface area contributed by atoms with Crippen molar-refractivity contribution in [3.8, 4) is 0 Å². The molecule has 1 aromatic heterocycles. The summed E-state index contributed by atoms with van der Waals surface area (Å²) in [6.45, 7) is 8.74. The van der Waals surface area contributed by atoms with Crippen LogP contribution in [0.2, 0.25) is 0 Å². The maximum absolute atomic E-state index is 5.58. The highest BCUT2D eigenvalue weighted by atomic mass is 16.5. The molecule has 0 radical (unpaired) electrons. The molecular weight excluding hydrogens is 250 g/mol. The number of rotatable bonds is 8. The molecule has 0 unspecified atom stereocenters. The zero-order chi connectivity index (χ0) is 14.5. The van der Waals surface area contributed by atoms with Crippen LogP contribution in [0.5, 0.6) is 0 Å². The summed E-state index contributed by atoms with van der Waals surface area (Å²) in [6, 6.07) is 5.03. The lowest BCUT2D eigenvalue weighted by Crippen LogP contribution is -2.25. The van der Waals surface area contributed by atoms with E-state index in [4.69, 9.17) is 9.72 Å². The number of nitrogens with zero attached hydrogens (tertiary/aromatic N) is 2. The van der Waals surface area contributed by atoms with E-state index in [9.17, 15) is 0 Å². The molecule has 1 heterocycles. The molecule has 0 aromatic carbocycles. The van der Waals surface area contributed by atoms with E-state index >= 15 is 0 Å². The van der Waals surface area contributed by atoms with Crippen molar-refractivity contribution in [2.75, 3.05) is 25.1 Å². The first-order valence-corrected chi connectivity index (χ1v) is 7.59. The Morgan fingerprint density at radius 2 is 2.15 bits per heavy atom. The number of likely N-dealkylation sites (N-methyl/N-ethyl adjacent to an activating group) is 1. The molecule has 1 aliphatic rings. The maximum atomic E-state index is 5.58. The van der Waals surface area contributed by atoms with Gasteiger partial charge in [-0.25, -0.2) is 4.98 Å². The Morgan fingerprint density at radius 1 is 1.40 bits per heavy atom. The van der Waals surface area contributed by atoms with Gasteiger partial charge in [-0.3, -0.25) is 0 Å². The van der Waals surface area contributed by atoms with E-state index in [1.807, 2.05) is 0 Å². The quantitative estimate of drug-likeness (QED) is 0.792. The Hall–Kier alpha value is -1.13. The van der Waals surface area contributed by atoms with Crippen LogP contribution in [-0.4, -0.2) is 37.3 Å². The molecule has 20 heavy (non-hydrogen) atoms. The predicted octanol–water partition coefficient (Wildman–Crippen LogP) is 2.50. The molecule has 112 valence electrons. The summed E-state index contributed by atoms with van der Waals surface area (Å²) in [6.07, 6.45) is 2.93. The molecular formula is C16H27N3O. The third-order valence-electron chi connectivity index (χ3n) is 3.61. The van der Waals surface area contributed by atoms with Crippen molar-refractivity contribution in [1.82, 2.24) is 10.3 Å². The molecule has 1 aliphatic carbocycles. The SMILES string of the molecule is Cc1nc(N(C)CCOC(C)C)ccc1CNC1CC1. The number of pyridine rings is 1. The second-order valence-electron chi connectivity index (χ2n) is 5.91. The molecule has 2 rings (SSSR count). The molecule has 0 saturated heterocycles. The minimum Gasteiger partial charge on any atom is -0.377 e. The highest BCUT2D eigenvalue weighted by Crippen LogP contribution is 2.20. The third kappa shape index (κ3) is 4.76. The summed E-state index contributed by atoms with van der Waals surface area (Å²) in [4.78, 5) is 6.85. The molecule has 4 nitrogen and oxygen atoms in total. The van der Waals surface area contributed by atoms with E-state index in [2.05, 4.69) is 50.2 Å². The van der Waals surface area contributed by atoms with Crippen LogP contribution >= 0.6 is 0 Å². The molecule has 0 spiro atoms. The summed E-state index contributed by atoms with van der Waals surface area (Å²) < 4.78 is 5.58. The zero-order valence-corrected chi connectivity index (χ0v) is 13.1. The largest absolute Gasteiger partial charge is 0.377 e. The first-order valence-electron chi connectivity index (χ1n) is 7.59. The van der Waals surface area contributed by atoms with Crippen molar-refractivity contribution in [3.05, 3.63) is 23.4 Å². The van der Waals surface area contributed by atoms with Crippen molar-refractivity contribution < 1.29 is 4.74 Å². The van der Waals surface area contributed by atoms with E-state index in [0.717, 1.165) is 37.3 Å². The monoisotopic (exact) mass is 277 g/mol. The molecule has 0 atom stereocenters. The highest BCUT2D eigenvalue weighted by Gasteiger charge is 2.20. The average Bonchev–Trinajstić information content (AvgIpc) is 3.20. The number of aryl methyl sites for hydroxylation is 1. The van der Waals surface area contributed by atoms with Gasteiger partial charge in [-0.1, -0.05) is 6.07 Å². The van der Waals surface area contributed by atoms with Gasteiger partial charge < -0.3 is 15.0 Å². The second-order valence-corrected chi connectivity index (χ2v) is 5.91. The number of aromatic nitrogens is 1. The van der Waals surface area contributed by atoms with Crippen LogP contribution in [0.15, 0.2) is 12.1 Å². The molecule has 4 heteroatoms. The van der Waals surface area contributed by atoms with Crippen molar-refractivity contribution in [3.63, 3.8) is 0 Å². The minimum atomic E-state index is 0.286. The first kappa shape index (κ1) is 15.3. The van der Waals surface area contributed by atoms with Crippen LogP contribution in [0.4, 0.5) is 5.82 Å². The fraction of sp³-hybridized carbons (Fsp3) is 0.688. The molecule has 1 N–H and O–H groups in total. The lowest BCUT2D eigenvalue weighted by atomic mass is 10.2. The molecule has 1 fully saturated rings. The first-order chi connectivity index (χ1) is 9.56.